The number of carbonyl (C=O) groups excluding carboxylic acids is 1. The van der Waals surface area contributed by atoms with Crippen LogP contribution in [-0.2, 0) is 6.54 Å². The molecule has 0 saturated carbocycles. The van der Waals surface area contributed by atoms with Crippen LogP contribution in [0.25, 0.3) is 16.9 Å². The smallest absolute Gasteiger partial charge is 0.274 e. The molecule has 0 atom stereocenters. The predicted octanol–water partition coefficient (Wildman–Crippen LogP) is 4.00. The Morgan fingerprint density at radius 3 is 2.21 bits per heavy atom. The summed E-state index contributed by atoms with van der Waals surface area (Å²) in [6.07, 6.45) is 0. The summed E-state index contributed by atoms with van der Waals surface area (Å²) in [5.74, 6) is -0.655. The molecule has 0 fully saturated rings. The van der Waals surface area contributed by atoms with Crippen LogP contribution in [-0.4, -0.2) is 20.9 Å². The summed E-state index contributed by atoms with van der Waals surface area (Å²) >= 11 is 0. The maximum atomic E-state index is 13.0. The molecular formula is C22H17FN4O. The van der Waals surface area contributed by atoms with Gasteiger partial charge in [0.2, 0.25) is 0 Å². The molecule has 0 aliphatic heterocycles. The van der Waals surface area contributed by atoms with E-state index in [9.17, 15) is 9.18 Å². The first-order valence-corrected chi connectivity index (χ1v) is 8.81. The van der Waals surface area contributed by atoms with Gasteiger partial charge in [0.05, 0.1) is 5.69 Å². The van der Waals surface area contributed by atoms with Gasteiger partial charge in [0.1, 0.15) is 11.5 Å². The first-order chi connectivity index (χ1) is 13.7. The Bertz CT molecular complexity index is 1080. The van der Waals surface area contributed by atoms with Crippen molar-refractivity contribution < 1.29 is 9.18 Å². The Labute approximate surface area is 161 Å². The van der Waals surface area contributed by atoms with Gasteiger partial charge in [0.25, 0.3) is 5.91 Å². The third-order valence-corrected chi connectivity index (χ3v) is 4.30. The largest absolute Gasteiger partial charge is 0.346 e. The number of amides is 1. The van der Waals surface area contributed by atoms with Crippen molar-refractivity contribution in [2.75, 3.05) is 0 Å². The molecule has 6 heteroatoms. The van der Waals surface area contributed by atoms with Crippen LogP contribution in [0.3, 0.4) is 0 Å². The third-order valence-electron chi connectivity index (χ3n) is 4.30. The normalized spacial score (nSPS) is 10.6. The molecule has 0 saturated heterocycles. The molecule has 5 nitrogen and oxygen atoms in total. The molecule has 138 valence electrons. The maximum absolute atomic E-state index is 13.0. The SMILES string of the molecule is O=C(NCc1ccc(F)cc1)c1nnn(-c2ccccc2)c1-c1ccccc1. The molecule has 3 aromatic carbocycles. The van der Waals surface area contributed by atoms with Gasteiger partial charge in [-0.3, -0.25) is 4.79 Å². The van der Waals surface area contributed by atoms with E-state index in [0.29, 0.717) is 5.69 Å². The number of para-hydroxylation sites is 1. The average molecular weight is 372 g/mol. The van der Waals surface area contributed by atoms with E-state index < -0.39 is 0 Å². The number of rotatable bonds is 5. The molecule has 1 amide bonds. The zero-order valence-corrected chi connectivity index (χ0v) is 14.9. The van der Waals surface area contributed by atoms with Gasteiger partial charge in [-0.15, -0.1) is 5.10 Å². The molecule has 1 aromatic heterocycles. The quantitative estimate of drug-likeness (QED) is 0.576. The first-order valence-electron chi connectivity index (χ1n) is 8.81. The summed E-state index contributed by atoms with van der Waals surface area (Å²) in [6, 6.07) is 25.1. The van der Waals surface area contributed by atoms with Crippen LogP contribution < -0.4 is 5.32 Å². The minimum absolute atomic E-state index is 0.233. The lowest BCUT2D eigenvalue weighted by molar-refractivity contribution is 0.0946. The van der Waals surface area contributed by atoms with Crippen molar-refractivity contribution in [2.24, 2.45) is 0 Å². The lowest BCUT2D eigenvalue weighted by Crippen LogP contribution is -2.24. The van der Waals surface area contributed by atoms with Gasteiger partial charge in [0, 0.05) is 12.1 Å². The van der Waals surface area contributed by atoms with E-state index in [-0.39, 0.29) is 24.0 Å². The molecule has 0 radical (unpaired) electrons. The van der Waals surface area contributed by atoms with Crippen LogP contribution in [0.1, 0.15) is 16.1 Å². The fourth-order valence-electron chi connectivity index (χ4n) is 2.91. The third kappa shape index (κ3) is 3.66. The average Bonchev–Trinajstić information content (AvgIpc) is 3.20. The van der Waals surface area contributed by atoms with Gasteiger partial charge in [-0.2, -0.15) is 0 Å². The molecule has 4 rings (SSSR count). The molecule has 4 aromatic rings. The van der Waals surface area contributed by atoms with Gasteiger partial charge in [-0.25, -0.2) is 9.07 Å². The number of nitrogens with zero attached hydrogens (tertiary/aromatic N) is 3. The maximum Gasteiger partial charge on any atom is 0.274 e. The molecule has 1 heterocycles. The summed E-state index contributed by atoms with van der Waals surface area (Å²) in [5.41, 5.74) is 3.29. The van der Waals surface area contributed by atoms with E-state index in [1.807, 2.05) is 60.7 Å². The summed E-state index contributed by atoms with van der Waals surface area (Å²) in [4.78, 5) is 12.8. The number of carbonyl (C=O) groups is 1. The van der Waals surface area contributed by atoms with Crippen LogP contribution in [0.2, 0.25) is 0 Å². The molecule has 0 spiro atoms. The Morgan fingerprint density at radius 2 is 1.54 bits per heavy atom. The molecular weight excluding hydrogens is 355 g/mol. The number of halogens is 1. The Balaban J connectivity index is 1.67. The van der Waals surface area contributed by atoms with Gasteiger partial charge in [-0.05, 0) is 29.8 Å². The van der Waals surface area contributed by atoms with Gasteiger partial charge in [0.15, 0.2) is 5.69 Å². The molecule has 0 unspecified atom stereocenters. The number of benzene rings is 3. The van der Waals surface area contributed by atoms with E-state index >= 15 is 0 Å². The highest BCUT2D eigenvalue weighted by Gasteiger charge is 2.21. The standard InChI is InChI=1S/C22H17FN4O/c23-18-13-11-16(12-14-18)15-24-22(28)20-21(17-7-3-1-4-8-17)27(26-25-20)19-9-5-2-6-10-19/h1-14H,15H2,(H,24,28). The number of hydrogen-bond donors (Lipinski definition) is 1. The zero-order chi connectivity index (χ0) is 19.3. The van der Waals surface area contributed by atoms with Crippen molar-refractivity contribution in [2.45, 2.75) is 6.54 Å². The lowest BCUT2D eigenvalue weighted by Gasteiger charge is -2.09. The van der Waals surface area contributed by atoms with E-state index in [1.54, 1.807) is 16.8 Å². The highest BCUT2D eigenvalue weighted by atomic mass is 19.1. The fourth-order valence-corrected chi connectivity index (χ4v) is 2.91. The second-order valence-electron chi connectivity index (χ2n) is 6.21. The minimum atomic E-state index is -0.342. The minimum Gasteiger partial charge on any atom is -0.346 e. The van der Waals surface area contributed by atoms with Crippen molar-refractivity contribution >= 4 is 5.91 Å². The van der Waals surface area contributed by atoms with Crippen LogP contribution in [0.5, 0.6) is 0 Å². The Kier molecular flexibility index (Phi) is 4.93. The second-order valence-corrected chi connectivity index (χ2v) is 6.21. The number of nitrogens with one attached hydrogen (secondary N) is 1. The van der Waals surface area contributed by atoms with E-state index in [2.05, 4.69) is 15.6 Å². The topological polar surface area (TPSA) is 59.8 Å². The highest BCUT2D eigenvalue weighted by molar-refractivity contribution is 5.98. The molecule has 0 bridgehead atoms. The number of aromatic nitrogens is 3. The van der Waals surface area contributed by atoms with Crippen molar-refractivity contribution in [1.29, 1.82) is 0 Å². The first kappa shape index (κ1) is 17.6. The summed E-state index contributed by atoms with van der Waals surface area (Å²) in [7, 11) is 0. The van der Waals surface area contributed by atoms with Crippen LogP contribution in [0.15, 0.2) is 84.9 Å². The van der Waals surface area contributed by atoms with E-state index in [4.69, 9.17) is 0 Å². The monoisotopic (exact) mass is 372 g/mol. The van der Waals surface area contributed by atoms with Crippen molar-refractivity contribution in [1.82, 2.24) is 20.3 Å². The van der Waals surface area contributed by atoms with Crippen molar-refractivity contribution in [3.8, 4) is 16.9 Å². The molecule has 28 heavy (non-hydrogen) atoms. The van der Waals surface area contributed by atoms with Crippen LogP contribution in [0.4, 0.5) is 4.39 Å². The highest BCUT2D eigenvalue weighted by Crippen LogP contribution is 2.25. The van der Waals surface area contributed by atoms with Crippen LogP contribution in [0, 0.1) is 5.82 Å². The Morgan fingerprint density at radius 1 is 0.893 bits per heavy atom. The Hall–Kier alpha value is -3.80. The van der Waals surface area contributed by atoms with E-state index in [0.717, 1.165) is 16.8 Å². The summed E-state index contributed by atoms with van der Waals surface area (Å²) in [5, 5.41) is 11.2. The summed E-state index contributed by atoms with van der Waals surface area (Å²) < 4.78 is 14.7. The lowest BCUT2D eigenvalue weighted by atomic mass is 10.1. The summed E-state index contributed by atoms with van der Waals surface area (Å²) in [6.45, 7) is 0.269. The van der Waals surface area contributed by atoms with Crippen molar-refractivity contribution in [3.63, 3.8) is 0 Å². The molecule has 0 aliphatic carbocycles. The van der Waals surface area contributed by atoms with Gasteiger partial charge < -0.3 is 5.32 Å². The predicted molar refractivity (Wildman–Crippen MR) is 104 cm³/mol. The van der Waals surface area contributed by atoms with Gasteiger partial charge in [-0.1, -0.05) is 65.9 Å². The second kappa shape index (κ2) is 7.84. The van der Waals surface area contributed by atoms with Crippen molar-refractivity contribution in [3.05, 3.63) is 102 Å². The molecule has 0 aliphatic rings. The van der Waals surface area contributed by atoms with Gasteiger partial charge >= 0.3 is 0 Å². The number of hydrogen-bond acceptors (Lipinski definition) is 3. The molecule has 1 N–H and O–H groups in total. The van der Waals surface area contributed by atoms with Crippen LogP contribution >= 0.6 is 0 Å². The van der Waals surface area contributed by atoms with E-state index in [1.165, 1.54) is 12.1 Å². The fraction of sp³-hybridized carbons (Fsp3) is 0.0455. The zero-order valence-electron chi connectivity index (χ0n) is 14.9.